The molecule has 0 aliphatic rings. The topological polar surface area (TPSA) is 26.0 Å². The summed E-state index contributed by atoms with van der Waals surface area (Å²) in [6, 6.07) is 0.333. The van der Waals surface area contributed by atoms with Crippen LogP contribution in [0.5, 0.6) is 0 Å². The minimum atomic E-state index is 0.333. The van der Waals surface area contributed by atoms with Crippen molar-refractivity contribution in [2.24, 2.45) is 11.7 Å². The molecular formula is C8H21B2N. The van der Waals surface area contributed by atoms with Gasteiger partial charge in [0, 0.05) is 15.5 Å². The van der Waals surface area contributed by atoms with Gasteiger partial charge in [0.2, 0.25) is 0 Å². The highest BCUT2D eigenvalue weighted by molar-refractivity contribution is 6.75. The molecule has 0 saturated carbocycles. The van der Waals surface area contributed by atoms with Crippen LogP contribution in [0.2, 0.25) is 0 Å². The second-order valence-corrected chi connectivity index (χ2v) is 3.05. The van der Waals surface area contributed by atoms with Gasteiger partial charge in [-0.3, -0.25) is 0 Å². The minimum absolute atomic E-state index is 0.333. The van der Waals surface area contributed by atoms with E-state index < -0.39 is 0 Å². The Balaban J connectivity index is -0.0000000965. The van der Waals surface area contributed by atoms with E-state index in [0.29, 0.717) is 6.04 Å². The third-order valence-corrected chi connectivity index (χ3v) is 0.816. The van der Waals surface area contributed by atoms with Crippen molar-refractivity contribution in [2.75, 3.05) is 0 Å². The molecule has 0 aliphatic heterocycles. The molecule has 0 rings (SSSR count). The van der Waals surface area contributed by atoms with E-state index in [0.717, 1.165) is 5.92 Å². The zero-order valence-electron chi connectivity index (χ0n) is 8.59. The van der Waals surface area contributed by atoms with Crippen molar-refractivity contribution < 1.29 is 0 Å². The molecule has 1 nitrogen and oxygen atoms in total. The lowest BCUT2D eigenvalue weighted by Crippen LogP contribution is -2.06. The van der Waals surface area contributed by atoms with Gasteiger partial charge in [-0.15, -0.1) is 0 Å². The van der Waals surface area contributed by atoms with Crippen molar-refractivity contribution >= 4 is 15.5 Å². The maximum atomic E-state index is 5.11. The van der Waals surface area contributed by atoms with Crippen molar-refractivity contribution in [1.82, 2.24) is 0 Å². The molecule has 2 N–H and O–H groups in total. The third kappa shape index (κ3) is 151. The molecule has 0 unspecified atom stereocenters. The Labute approximate surface area is 74.9 Å². The Bertz CT molecular complexity index is 44.6. The number of hydrogen-bond donors (Lipinski definition) is 1. The number of rotatable bonds is 1. The lowest BCUT2D eigenvalue weighted by atomic mass is 9.81. The molecule has 0 aliphatic carbocycles. The Morgan fingerprint density at radius 3 is 1.18 bits per heavy atom. The maximum absolute atomic E-state index is 5.11. The highest BCUT2D eigenvalue weighted by Crippen LogP contribution is 1.93. The fourth-order valence-electron chi connectivity index (χ4n) is 0. The Kier molecular flexibility index (Phi) is 26.0. The third-order valence-electron chi connectivity index (χ3n) is 0.816. The van der Waals surface area contributed by atoms with E-state index in [1.807, 2.05) is 13.8 Å². The molecule has 3 heteroatoms. The van der Waals surface area contributed by atoms with E-state index in [2.05, 4.69) is 36.2 Å². The fraction of sp³-hybridized carbons (Fsp3) is 1.00. The van der Waals surface area contributed by atoms with Gasteiger partial charge in [0.15, 0.2) is 0 Å². The quantitative estimate of drug-likeness (QED) is 0.569. The zero-order chi connectivity index (χ0) is 9.86. The van der Waals surface area contributed by atoms with Crippen LogP contribution in [0, 0.1) is 5.92 Å². The van der Waals surface area contributed by atoms with Gasteiger partial charge in [-0.05, 0) is 12.0 Å². The van der Waals surface area contributed by atoms with Crippen molar-refractivity contribution in [2.45, 2.75) is 47.1 Å². The van der Waals surface area contributed by atoms with Crippen LogP contribution < -0.4 is 5.73 Å². The van der Waals surface area contributed by atoms with Gasteiger partial charge in [-0.1, -0.05) is 41.0 Å². The molecule has 11 heavy (non-hydrogen) atoms. The minimum Gasteiger partial charge on any atom is -0.328 e. The van der Waals surface area contributed by atoms with Crippen molar-refractivity contribution in [3.63, 3.8) is 0 Å². The predicted molar refractivity (Wildman–Crippen MR) is 56.0 cm³/mol. The van der Waals surface area contributed by atoms with Gasteiger partial charge in [0.25, 0.3) is 0 Å². The summed E-state index contributed by atoms with van der Waals surface area (Å²) in [6.45, 7) is 10.5. The summed E-state index contributed by atoms with van der Waals surface area (Å²) in [7, 11) is 8.00. The molecule has 0 aromatic carbocycles. The molecule has 0 spiro atoms. The summed E-state index contributed by atoms with van der Waals surface area (Å²) in [6.07, 6.45) is 1.31. The van der Waals surface area contributed by atoms with Crippen molar-refractivity contribution in [3.05, 3.63) is 0 Å². The molecular weight excluding hydrogens is 132 g/mol. The normalized spacial score (nSPS) is 8.00. The molecule has 0 heterocycles. The smallest absolute Gasteiger partial charge is 0 e. The molecule has 4 radical (unpaired) electrons. The van der Waals surface area contributed by atoms with Crippen LogP contribution in [0.25, 0.3) is 0 Å². The zero-order valence-corrected chi connectivity index (χ0v) is 8.59. The number of hydrogen-bond acceptors (Lipinski definition) is 1. The monoisotopic (exact) mass is 153 g/mol. The van der Waals surface area contributed by atoms with Gasteiger partial charge in [-0.2, -0.15) is 0 Å². The fourth-order valence-corrected chi connectivity index (χ4v) is 0. The maximum Gasteiger partial charge on any atom is 0 e. The van der Waals surface area contributed by atoms with Crippen LogP contribution in [-0.2, 0) is 0 Å². The average molecular weight is 153 g/mol. The summed E-state index contributed by atoms with van der Waals surface area (Å²) < 4.78 is 0. The van der Waals surface area contributed by atoms with Gasteiger partial charge < -0.3 is 5.73 Å². The first-order valence-electron chi connectivity index (χ1n) is 4.09. The van der Waals surface area contributed by atoms with Crippen molar-refractivity contribution in [1.29, 1.82) is 0 Å². The Morgan fingerprint density at radius 1 is 1.09 bits per heavy atom. The molecule has 64 valence electrons. The largest absolute Gasteiger partial charge is 0.328 e. The average Bonchev–Trinajstić information content (AvgIpc) is 1.91. The van der Waals surface area contributed by atoms with E-state index in [-0.39, 0.29) is 0 Å². The van der Waals surface area contributed by atoms with Crippen molar-refractivity contribution in [3.8, 4) is 0 Å². The van der Waals surface area contributed by atoms with Gasteiger partial charge >= 0.3 is 0 Å². The van der Waals surface area contributed by atoms with E-state index >= 15 is 0 Å². The van der Waals surface area contributed by atoms with Crippen LogP contribution in [0.1, 0.15) is 41.0 Å². The van der Waals surface area contributed by atoms with Crippen LogP contribution in [0.15, 0.2) is 0 Å². The molecule has 0 aromatic heterocycles. The van der Waals surface area contributed by atoms with Crippen LogP contribution in [0.4, 0.5) is 0 Å². The molecule has 0 atom stereocenters. The Morgan fingerprint density at radius 2 is 1.18 bits per heavy atom. The number of nitrogens with two attached hydrogens (primary N) is 1. The van der Waals surface area contributed by atoms with E-state index in [1.165, 1.54) is 6.42 Å². The molecule has 0 bridgehead atoms. The lowest BCUT2D eigenvalue weighted by Gasteiger charge is -1.90. The molecule has 0 saturated heterocycles. The first kappa shape index (κ1) is 17.3. The second-order valence-electron chi connectivity index (χ2n) is 3.05. The first-order chi connectivity index (χ1) is 5.00. The highest BCUT2D eigenvalue weighted by Gasteiger charge is 1.80. The standard InChI is InChI=1S/C5H12.C3H9N.B2/c1-4-5(2)3;1-3(2)4;1-2/h5H,4H2,1-3H3;3H,4H2,1-2H3;. The Hall–Kier alpha value is 0.0899. The SMILES string of the molecule is CC(C)N.CCC(C)C.[B][B]. The van der Waals surface area contributed by atoms with Gasteiger partial charge in [0.05, 0.1) is 0 Å². The van der Waals surface area contributed by atoms with E-state index in [4.69, 9.17) is 5.73 Å². The molecule has 0 aromatic rings. The van der Waals surface area contributed by atoms with Gasteiger partial charge in [0.1, 0.15) is 0 Å². The van der Waals surface area contributed by atoms with Gasteiger partial charge in [-0.25, -0.2) is 0 Å². The van der Waals surface area contributed by atoms with E-state index in [1.54, 1.807) is 0 Å². The summed E-state index contributed by atoms with van der Waals surface area (Å²) in [5, 5.41) is 0. The van der Waals surface area contributed by atoms with Crippen LogP contribution >= 0.6 is 0 Å². The summed E-state index contributed by atoms with van der Waals surface area (Å²) in [4.78, 5) is 0. The highest BCUT2D eigenvalue weighted by atomic mass is 14.6. The summed E-state index contributed by atoms with van der Waals surface area (Å²) >= 11 is 0. The predicted octanol–water partition coefficient (Wildman–Crippen LogP) is 1.64. The van der Waals surface area contributed by atoms with Crippen LogP contribution in [0.3, 0.4) is 0 Å². The molecule has 0 fully saturated rings. The van der Waals surface area contributed by atoms with E-state index in [9.17, 15) is 0 Å². The van der Waals surface area contributed by atoms with Crippen LogP contribution in [-0.4, -0.2) is 21.5 Å². The lowest BCUT2D eigenvalue weighted by molar-refractivity contribution is 0.626. The summed E-state index contributed by atoms with van der Waals surface area (Å²) in [5.41, 5.74) is 5.11. The summed E-state index contributed by atoms with van der Waals surface area (Å²) in [5.74, 6) is 0.884. The first-order valence-corrected chi connectivity index (χ1v) is 4.09. The molecule has 0 amide bonds. The second kappa shape index (κ2) is 16.6.